The summed E-state index contributed by atoms with van der Waals surface area (Å²) >= 11 is 11.8. The molecule has 0 heterocycles. The van der Waals surface area contributed by atoms with Gasteiger partial charge in [-0.1, -0.05) is 53.0 Å². The van der Waals surface area contributed by atoms with Gasteiger partial charge in [-0.25, -0.2) is 0 Å². The average molecular weight is 281 g/mol. The third-order valence-corrected chi connectivity index (χ3v) is 3.72. The molecule has 0 fully saturated rings. The van der Waals surface area contributed by atoms with Crippen LogP contribution in [0.5, 0.6) is 0 Å². The number of hydrogen-bond acceptors (Lipinski definition) is 1. The minimum absolute atomic E-state index is 0.456. The van der Waals surface area contributed by atoms with Crippen molar-refractivity contribution in [3.8, 4) is 0 Å². The second-order valence-corrected chi connectivity index (χ2v) is 5.25. The molecule has 1 atom stereocenters. The van der Waals surface area contributed by atoms with Gasteiger partial charge in [0.1, 0.15) is 6.10 Å². The van der Waals surface area contributed by atoms with E-state index in [0.717, 1.165) is 16.7 Å². The van der Waals surface area contributed by atoms with Gasteiger partial charge in [-0.2, -0.15) is 0 Å². The summed E-state index contributed by atoms with van der Waals surface area (Å²) in [4.78, 5) is 0. The molecule has 0 aliphatic rings. The summed E-state index contributed by atoms with van der Waals surface area (Å²) in [5.74, 6) is 0. The summed E-state index contributed by atoms with van der Waals surface area (Å²) in [6, 6.07) is 11.2. The molecule has 0 radical (unpaired) electrons. The number of aryl methyl sites for hydroxylation is 2. The normalized spacial score (nSPS) is 12.5. The molecule has 0 unspecified atom stereocenters. The van der Waals surface area contributed by atoms with Crippen LogP contribution in [-0.4, -0.2) is 5.11 Å². The molecule has 1 N–H and O–H groups in total. The van der Waals surface area contributed by atoms with Crippen LogP contribution in [0.25, 0.3) is 0 Å². The summed E-state index contributed by atoms with van der Waals surface area (Å²) in [5, 5.41) is 11.3. The topological polar surface area (TPSA) is 20.2 Å². The molecule has 2 aromatic carbocycles. The highest BCUT2D eigenvalue weighted by Crippen LogP contribution is 2.30. The fourth-order valence-corrected chi connectivity index (χ4v) is 2.30. The van der Waals surface area contributed by atoms with Crippen molar-refractivity contribution in [1.82, 2.24) is 0 Å². The molecule has 2 rings (SSSR count). The van der Waals surface area contributed by atoms with E-state index in [-0.39, 0.29) is 0 Å². The Bertz CT molecular complexity index is 579. The van der Waals surface area contributed by atoms with Crippen LogP contribution in [0.1, 0.15) is 28.4 Å². The Morgan fingerprint density at radius 2 is 1.67 bits per heavy atom. The molecule has 0 bridgehead atoms. The highest BCUT2D eigenvalue weighted by Gasteiger charge is 2.14. The van der Waals surface area contributed by atoms with E-state index < -0.39 is 6.10 Å². The van der Waals surface area contributed by atoms with Gasteiger partial charge in [-0.15, -0.1) is 0 Å². The number of aliphatic hydroxyl groups excluding tert-OH is 1. The maximum atomic E-state index is 10.4. The highest BCUT2D eigenvalue weighted by molar-refractivity contribution is 6.42. The van der Waals surface area contributed by atoms with E-state index in [1.807, 2.05) is 26.0 Å². The molecular weight excluding hydrogens is 267 g/mol. The summed E-state index contributed by atoms with van der Waals surface area (Å²) < 4.78 is 0. The van der Waals surface area contributed by atoms with Crippen LogP contribution in [0.2, 0.25) is 10.0 Å². The second kappa shape index (κ2) is 5.31. The van der Waals surface area contributed by atoms with Gasteiger partial charge in [0.15, 0.2) is 0 Å². The molecule has 18 heavy (non-hydrogen) atoms. The predicted molar refractivity (Wildman–Crippen MR) is 76.4 cm³/mol. The molecular formula is C15H14Cl2O. The van der Waals surface area contributed by atoms with Crippen LogP contribution in [0, 0.1) is 13.8 Å². The van der Waals surface area contributed by atoms with Crippen molar-refractivity contribution < 1.29 is 5.11 Å². The smallest absolute Gasteiger partial charge is 0.104 e. The molecule has 0 aliphatic heterocycles. The van der Waals surface area contributed by atoms with Gasteiger partial charge >= 0.3 is 0 Å². The summed E-state index contributed by atoms with van der Waals surface area (Å²) in [7, 11) is 0. The first-order chi connectivity index (χ1) is 8.49. The Labute approximate surface area is 117 Å². The predicted octanol–water partition coefficient (Wildman–Crippen LogP) is 4.69. The maximum Gasteiger partial charge on any atom is 0.104 e. The molecule has 0 spiro atoms. The third kappa shape index (κ3) is 2.69. The van der Waals surface area contributed by atoms with Gasteiger partial charge in [0.05, 0.1) is 10.0 Å². The van der Waals surface area contributed by atoms with Crippen molar-refractivity contribution >= 4 is 23.2 Å². The first-order valence-corrected chi connectivity index (χ1v) is 6.45. The first kappa shape index (κ1) is 13.4. The van der Waals surface area contributed by atoms with Gasteiger partial charge in [-0.3, -0.25) is 0 Å². The molecule has 1 nitrogen and oxygen atoms in total. The fraction of sp³-hybridized carbons (Fsp3) is 0.200. The highest BCUT2D eigenvalue weighted by atomic mass is 35.5. The molecule has 0 aliphatic carbocycles. The minimum atomic E-state index is -0.680. The molecule has 94 valence electrons. The number of rotatable bonds is 2. The zero-order valence-electron chi connectivity index (χ0n) is 10.2. The number of benzene rings is 2. The monoisotopic (exact) mass is 280 g/mol. The SMILES string of the molecule is Cc1ccc([C@H](O)c2ccc(Cl)c(Cl)c2)c(C)c1. The van der Waals surface area contributed by atoms with Gasteiger partial charge < -0.3 is 5.11 Å². The van der Waals surface area contributed by atoms with Crippen LogP contribution >= 0.6 is 23.2 Å². The van der Waals surface area contributed by atoms with Crippen molar-refractivity contribution in [2.24, 2.45) is 0 Å². The number of aliphatic hydroxyl groups is 1. The van der Waals surface area contributed by atoms with E-state index in [2.05, 4.69) is 6.07 Å². The first-order valence-electron chi connectivity index (χ1n) is 5.69. The molecule has 0 amide bonds. The zero-order valence-corrected chi connectivity index (χ0v) is 11.8. The quantitative estimate of drug-likeness (QED) is 0.846. The Hall–Kier alpha value is -1.02. The largest absolute Gasteiger partial charge is 0.384 e. The lowest BCUT2D eigenvalue weighted by Crippen LogP contribution is -2.02. The van der Waals surface area contributed by atoms with E-state index >= 15 is 0 Å². The van der Waals surface area contributed by atoms with Crippen LogP contribution in [0.3, 0.4) is 0 Å². The van der Waals surface area contributed by atoms with Crippen LogP contribution < -0.4 is 0 Å². The van der Waals surface area contributed by atoms with Crippen LogP contribution in [-0.2, 0) is 0 Å². The van der Waals surface area contributed by atoms with Crippen molar-refractivity contribution in [3.05, 3.63) is 68.7 Å². The van der Waals surface area contributed by atoms with Crippen molar-refractivity contribution in [2.45, 2.75) is 20.0 Å². The number of hydrogen-bond donors (Lipinski definition) is 1. The molecule has 0 aromatic heterocycles. The molecule has 0 saturated heterocycles. The van der Waals surface area contributed by atoms with Crippen LogP contribution in [0.15, 0.2) is 36.4 Å². The summed E-state index contributed by atoms with van der Waals surface area (Å²) in [5.41, 5.74) is 3.88. The lowest BCUT2D eigenvalue weighted by molar-refractivity contribution is 0.219. The van der Waals surface area contributed by atoms with Crippen molar-refractivity contribution in [2.75, 3.05) is 0 Å². The van der Waals surface area contributed by atoms with Gasteiger partial charge in [0, 0.05) is 0 Å². The Morgan fingerprint density at radius 3 is 2.28 bits per heavy atom. The second-order valence-electron chi connectivity index (χ2n) is 4.44. The fourth-order valence-electron chi connectivity index (χ4n) is 1.99. The third-order valence-electron chi connectivity index (χ3n) is 2.98. The Balaban J connectivity index is 2.41. The van der Waals surface area contributed by atoms with E-state index in [0.29, 0.717) is 10.0 Å². The summed E-state index contributed by atoms with van der Waals surface area (Å²) in [6.07, 6.45) is -0.680. The van der Waals surface area contributed by atoms with Crippen LogP contribution in [0.4, 0.5) is 0 Å². The standard InChI is InChI=1S/C15H14Cl2O/c1-9-3-5-12(10(2)7-9)15(18)11-4-6-13(16)14(17)8-11/h3-8,15,18H,1-2H3/t15-/m1/s1. The Kier molecular flexibility index (Phi) is 3.96. The van der Waals surface area contributed by atoms with E-state index in [9.17, 15) is 5.11 Å². The molecule has 3 heteroatoms. The number of halogens is 2. The molecule has 2 aromatic rings. The van der Waals surface area contributed by atoms with Gasteiger partial charge in [-0.05, 0) is 42.7 Å². The molecule has 0 saturated carbocycles. The van der Waals surface area contributed by atoms with Gasteiger partial charge in [0.25, 0.3) is 0 Å². The van der Waals surface area contributed by atoms with Crippen molar-refractivity contribution in [1.29, 1.82) is 0 Å². The Morgan fingerprint density at radius 1 is 0.944 bits per heavy atom. The zero-order chi connectivity index (χ0) is 13.3. The minimum Gasteiger partial charge on any atom is -0.384 e. The van der Waals surface area contributed by atoms with Gasteiger partial charge in [0.2, 0.25) is 0 Å². The van der Waals surface area contributed by atoms with Crippen molar-refractivity contribution in [3.63, 3.8) is 0 Å². The lowest BCUT2D eigenvalue weighted by atomic mass is 9.96. The van der Waals surface area contributed by atoms with E-state index in [1.54, 1.807) is 18.2 Å². The van der Waals surface area contributed by atoms with E-state index in [1.165, 1.54) is 5.56 Å². The summed E-state index contributed by atoms with van der Waals surface area (Å²) in [6.45, 7) is 4.02. The average Bonchev–Trinajstić information content (AvgIpc) is 2.32. The lowest BCUT2D eigenvalue weighted by Gasteiger charge is -2.15. The van der Waals surface area contributed by atoms with E-state index in [4.69, 9.17) is 23.2 Å². The maximum absolute atomic E-state index is 10.4.